The number of hydrogen-bond acceptors (Lipinski definition) is 3. The lowest BCUT2D eigenvalue weighted by atomic mass is 9.97. The molecule has 2 N–H and O–H groups in total. The Morgan fingerprint density at radius 1 is 1.16 bits per heavy atom. The lowest BCUT2D eigenvalue weighted by Crippen LogP contribution is -2.48. The number of ether oxygens (including phenoxy) is 1. The molecule has 1 unspecified atom stereocenters. The second-order valence-corrected chi connectivity index (χ2v) is 6.94. The standard InChI is InChI=1S/C19H27N3O3/c1-25-17-10-4-9-16(12-17)21-19(24)22-11-5-6-14(13-22)18(23)20-15-7-2-3-8-15/h4,9-10,12,14-15H,2-3,5-8,11,13H2,1H3,(H,20,23)(H,21,24). The number of rotatable bonds is 4. The SMILES string of the molecule is COc1cccc(NC(=O)N2CCCC(C(=O)NC3CCCC3)C2)c1. The molecule has 1 atom stereocenters. The van der Waals surface area contributed by atoms with Crippen molar-refractivity contribution >= 4 is 17.6 Å². The minimum absolute atomic E-state index is 0.103. The van der Waals surface area contributed by atoms with Crippen molar-refractivity contribution in [2.24, 2.45) is 5.92 Å². The van der Waals surface area contributed by atoms with Gasteiger partial charge in [0.25, 0.3) is 0 Å². The molecule has 25 heavy (non-hydrogen) atoms. The molecule has 2 fully saturated rings. The van der Waals surface area contributed by atoms with E-state index in [0.717, 1.165) is 25.7 Å². The van der Waals surface area contributed by atoms with E-state index in [1.165, 1.54) is 12.8 Å². The van der Waals surface area contributed by atoms with Gasteiger partial charge in [-0.2, -0.15) is 0 Å². The predicted octanol–water partition coefficient (Wildman–Crippen LogP) is 3.00. The zero-order valence-corrected chi connectivity index (χ0v) is 14.8. The van der Waals surface area contributed by atoms with E-state index >= 15 is 0 Å². The quantitative estimate of drug-likeness (QED) is 0.881. The first kappa shape index (κ1) is 17.6. The Labute approximate surface area is 148 Å². The van der Waals surface area contributed by atoms with Gasteiger partial charge in [0.05, 0.1) is 13.0 Å². The van der Waals surface area contributed by atoms with Crippen molar-refractivity contribution < 1.29 is 14.3 Å². The van der Waals surface area contributed by atoms with Crippen LogP contribution in [0.4, 0.5) is 10.5 Å². The molecule has 0 spiro atoms. The monoisotopic (exact) mass is 345 g/mol. The molecule has 1 aliphatic carbocycles. The fraction of sp³-hybridized carbons (Fsp3) is 0.579. The van der Waals surface area contributed by atoms with E-state index in [1.54, 1.807) is 18.1 Å². The molecule has 3 amide bonds. The number of piperidine rings is 1. The van der Waals surface area contributed by atoms with Gasteiger partial charge in [0.2, 0.25) is 5.91 Å². The molecule has 1 saturated carbocycles. The molecule has 1 heterocycles. The number of nitrogens with zero attached hydrogens (tertiary/aromatic N) is 1. The van der Waals surface area contributed by atoms with Gasteiger partial charge in [-0.05, 0) is 37.8 Å². The molecule has 0 bridgehead atoms. The number of amides is 3. The highest BCUT2D eigenvalue weighted by Crippen LogP contribution is 2.22. The van der Waals surface area contributed by atoms with Gasteiger partial charge >= 0.3 is 6.03 Å². The second kappa shape index (κ2) is 8.23. The lowest BCUT2D eigenvalue weighted by Gasteiger charge is -2.32. The van der Waals surface area contributed by atoms with Crippen molar-refractivity contribution in [1.82, 2.24) is 10.2 Å². The number of nitrogens with one attached hydrogen (secondary N) is 2. The summed E-state index contributed by atoms with van der Waals surface area (Å²) in [7, 11) is 1.60. The van der Waals surface area contributed by atoms with Crippen LogP contribution in [0.1, 0.15) is 38.5 Å². The van der Waals surface area contributed by atoms with Gasteiger partial charge in [0.1, 0.15) is 5.75 Å². The number of methoxy groups -OCH3 is 1. The number of benzene rings is 1. The summed E-state index contributed by atoms with van der Waals surface area (Å²) in [6.07, 6.45) is 6.27. The topological polar surface area (TPSA) is 70.7 Å². The van der Waals surface area contributed by atoms with Gasteiger partial charge in [0.15, 0.2) is 0 Å². The summed E-state index contributed by atoms with van der Waals surface area (Å²) in [6.45, 7) is 1.16. The third-order valence-corrected chi connectivity index (χ3v) is 5.10. The van der Waals surface area contributed by atoms with Crippen LogP contribution in [0.2, 0.25) is 0 Å². The van der Waals surface area contributed by atoms with Crippen LogP contribution in [0, 0.1) is 5.92 Å². The summed E-state index contributed by atoms with van der Waals surface area (Å²) in [5, 5.41) is 6.05. The highest BCUT2D eigenvalue weighted by Gasteiger charge is 2.30. The molecule has 1 aliphatic heterocycles. The Bertz CT molecular complexity index is 614. The highest BCUT2D eigenvalue weighted by atomic mass is 16.5. The summed E-state index contributed by atoms with van der Waals surface area (Å²) in [5.74, 6) is 0.696. The smallest absolute Gasteiger partial charge is 0.321 e. The molecular weight excluding hydrogens is 318 g/mol. The lowest BCUT2D eigenvalue weighted by molar-refractivity contribution is -0.126. The van der Waals surface area contributed by atoms with Gasteiger partial charge in [-0.15, -0.1) is 0 Å². The highest BCUT2D eigenvalue weighted by molar-refractivity contribution is 5.90. The number of hydrogen-bond donors (Lipinski definition) is 2. The molecule has 3 rings (SSSR count). The number of anilines is 1. The Balaban J connectivity index is 1.54. The Morgan fingerprint density at radius 3 is 2.72 bits per heavy atom. The van der Waals surface area contributed by atoms with Crippen LogP contribution < -0.4 is 15.4 Å². The molecule has 2 aliphatic rings. The molecule has 0 radical (unpaired) electrons. The van der Waals surface area contributed by atoms with E-state index in [1.807, 2.05) is 18.2 Å². The van der Waals surface area contributed by atoms with Crippen molar-refractivity contribution in [1.29, 1.82) is 0 Å². The Morgan fingerprint density at radius 2 is 1.96 bits per heavy atom. The Hall–Kier alpha value is -2.24. The molecule has 6 nitrogen and oxygen atoms in total. The first-order valence-electron chi connectivity index (χ1n) is 9.16. The fourth-order valence-corrected chi connectivity index (χ4v) is 3.67. The average Bonchev–Trinajstić information content (AvgIpc) is 3.15. The zero-order valence-electron chi connectivity index (χ0n) is 14.8. The van der Waals surface area contributed by atoms with Crippen LogP contribution in [-0.2, 0) is 4.79 Å². The summed E-state index contributed by atoms with van der Waals surface area (Å²) < 4.78 is 5.18. The van der Waals surface area contributed by atoms with E-state index in [9.17, 15) is 9.59 Å². The number of carbonyl (C=O) groups excluding carboxylic acids is 2. The van der Waals surface area contributed by atoms with Crippen molar-refractivity contribution in [3.05, 3.63) is 24.3 Å². The number of urea groups is 1. The number of carbonyl (C=O) groups is 2. The van der Waals surface area contributed by atoms with Gasteiger partial charge in [-0.1, -0.05) is 18.9 Å². The largest absolute Gasteiger partial charge is 0.497 e. The molecule has 1 aromatic rings. The second-order valence-electron chi connectivity index (χ2n) is 6.94. The van der Waals surface area contributed by atoms with E-state index < -0.39 is 0 Å². The van der Waals surface area contributed by atoms with Gasteiger partial charge in [0, 0.05) is 30.9 Å². The number of likely N-dealkylation sites (tertiary alicyclic amines) is 1. The maximum absolute atomic E-state index is 12.5. The minimum Gasteiger partial charge on any atom is -0.497 e. The van der Waals surface area contributed by atoms with Crippen molar-refractivity contribution in [2.45, 2.75) is 44.6 Å². The van der Waals surface area contributed by atoms with Crippen LogP contribution >= 0.6 is 0 Å². The van der Waals surface area contributed by atoms with Gasteiger partial charge < -0.3 is 20.3 Å². The first-order valence-corrected chi connectivity index (χ1v) is 9.16. The van der Waals surface area contributed by atoms with Crippen molar-refractivity contribution in [3.63, 3.8) is 0 Å². The van der Waals surface area contributed by atoms with E-state index in [2.05, 4.69) is 10.6 Å². The predicted molar refractivity (Wildman–Crippen MR) is 96.7 cm³/mol. The molecular formula is C19H27N3O3. The maximum atomic E-state index is 12.5. The van der Waals surface area contributed by atoms with E-state index in [-0.39, 0.29) is 17.9 Å². The van der Waals surface area contributed by atoms with Crippen molar-refractivity contribution in [3.8, 4) is 5.75 Å². The first-order chi connectivity index (χ1) is 12.2. The van der Waals surface area contributed by atoms with Crippen LogP contribution in [0.3, 0.4) is 0 Å². The van der Waals surface area contributed by atoms with Crippen LogP contribution in [0.5, 0.6) is 5.75 Å². The third-order valence-electron chi connectivity index (χ3n) is 5.10. The van der Waals surface area contributed by atoms with Crippen molar-refractivity contribution in [2.75, 3.05) is 25.5 Å². The minimum atomic E-state index is -0.161. The molecule has 1 saturated heterocycles. The summed E-state index contributed by atoms with van der Waals surface area (Å²) in [6, 6.07) is 7.45. The molecule has 0 aromatic heterocycles. The third kappa shape index (κ3) is 4.65. The fourth-order valence-electron chi connectivity index (χ4n) is 3.67. The average molecular weight is 345 g/mol. The molecule has 6 heteroatoms. The summed E-state index contributed by atoms with van der Waals surface area (Å²) in [5.41, 5.74) is 0.696. The molecule has 1 aromatic carbocycles. The molecule has 136 valence electrons. The van der Waals surface area contributed by atoms with Gasteiger partial charge in [-0.25, -0.2) is 4.79 Å². The van der Waals surface area contributed by atoms with E-state index in [4.69, 9.17) is 4.74 Å². The normalized spacial score (nSPS) is 21.0. The van der Waals surface area contributed by atoms with Crippen LogP contribution in [0.15, 0.2) is 24.3 Å². The summed E-state index contributed by atoms with van der Waals surface area (Å²) in [4.78, 5) is 26.7. The van der Waals surface area contributed by atoms with Crippen LogP contribution in [0.25, 0.3) is 0 Å². The Kier molecular flexibility index (Phi) is 5.79. The maximum Gasteiger partial charge on any atom is 0.321 e. The van der Waals surface area contributed by atoms with Gasteiger partial charge in [-0.3, -0.25) is 4.79 Å². The van der Waals surface area contributed by atoms with Crippen LogP contribution in [-0.4, -0.2) is 43.1 Å². The zero-order chi connectivity index (χ0) is 17.6. The van der Waals surface area contributed by atoms with E-state index in [0.29, 0.717) is 30.6 Å². The summed E-state index contributed by atoms with van der Waals surface area (Å²) >= 11 is 0.